The number of rotatable bonds is 7. The van der Waals surface area contributed by atoms with Gasteiger partial charge in [-0.05, 0) is 40.5 Å². The molecule has 0 heterocycles. The highest BCUT2D eigenvalue weighted by atomic mass is 16.4. The van der Waals surface area contributed by atoms with Gasteiger partial charge in [0.25, 0.3) is 0 Å². The van der Waals surface area contributed by atoms with E-state index in [0.717, 1.165) is 11.1 Å². The predicted molar refractivity (Wildman–Crippen MR) is 97.0 cm³/mol. The Morgan fingerprint density at radius 3 is 2.12 bits per heavy atom. The molecule has 3 N–H and O–H groups in total. The van der Waals surface area contributed by atoms with Crippen molar-refractivity contribution in [1.82, 2.24) is 0 Å². The lowest BCUT2D eigenvalue weighted by molar-refractivity contribution is -0.134. The van der Waals surface area contributed by atoms with Crippen molar-refractivity contribution in [1.29, 1.82) is 0 Å². The smallest absolute Gasteiger partial charge is 0.176 e. The fraction of sp³-hybridized carbons (Fsp3) is 0.600. The highest BCUT2D eigenvalue weighted by molar-refractivity contribution is 6.24. The van der Waals surface area contributed by atoms with Crippen LogP contribution in [-0.4, -0.2) is 38.6 Å². The molecule has 0 aromatic rings. The van der Waals surface area contributed by atoms with Crippen molar-refractivity contribution in [3.05, 3.63) is 34.6 Å². The van der Waals surface area contributed by atoms with E-state index in [4.69, 9.17) is 0 Å². The van der Waals surface area contributed by atoms with Gasteiger partial charge in [0, 0.05) is 5.92 Å². The summed E-state index contributed by atoms with van der Waals surface area (Å²) in [7, 11) is 0. The zero-order valence-corrected chi connectivity index (χ0v) is 16.0. The van der Waals surface area contributed by atoms with Crippen LogP contribution in [0.1, 0.15) is 54.4 Å². The van der Waals surface area contributed by atoms with Crippen LogP contribution in [0.15, 0.2) is 34.6 Å². The molecule has 5 nitrogen and oxygen atoms in total. The van der Waals surface area contributed by atoms with Crippen LogP contribution in [0.25, 0.3) is 0 Å². The monoisotopic (exact) mass is 350 g/mol. The fourth-order valence-corrected chi connectivity index (χ4v) is 2.94. The topological polar surface area (TPSA) is 94.8 Å². The molecule has 140 valence electrons. The zero-order valence-electron chi connectivity index (χ0n) is 16.0. The number of allylic oxidation sites excluding steroid dienone is 4. The van der Waals surface area contributed by atoms with Crippen molar-refractivity contribution in [3.8, 4) is 0 Å². The summed E-state index contributed by atoms with van der Waals surface area (Å²) >= 11 is 0. The van der Waals surface area contributed by atoms with Gasteiger partial charge in [-0.1, -0.05) is 37.1 Å². The van der Waals surface area contributed by atoms with Crippen LogP contribution < -0.4 is 0 Å². The van der Waals surface area contributed by atoms with Gasteiger partial charge in [-0.15, -0.1) is 0 Å². The van der Waals surface area contributed by atoms with Crippen molar-refractivity contribution in [2.75, 3.05) is 0 Å². The summed E-state index contributed by atoms with van der Waals surface area (Å²) in [5.41, 5.74) is -0.651. The van der Waals surface area contributed by atoms with E-state index < -0.39 is 40.9 Å². The average Bonchev–Trinajstić information content (AvgIpc) is 2.69. The van der Waals surface area contributed by atoms with E-state index in [0.29, 0.717) is 0 Å². The number of Topliss-reactive ketones (excluding diaryl/α,β-unsaturated/α-hetero) is 2. The van der Waals surface area contributed by atoms with Crippen molar-refractivity contribution in [3.63, 3.8) is 0 Å². The van der Waals surface area contributed by atoms with Crippen LogP contribution in [0.3, 0.4) is 0 Å². The first kappa shape index (κ1) is 21.3. The summed E-state index contributed by atoms with van der Waals surface area (Å²) in [5.74, 6) is -3.40. The number of ketones is 2. The lowest BCUT2D eigenvalue weighted by Crippen LogP contribution is -2.49. The molecule has 1 rings (SSSR count). The highest BCUT2D eigenvalue weighted by Gasteiger charge is 2.58. The quantitative estimate of drug-likeness (QED) is 0.484. The molecule has 0 aliphatic heterocycles. The van der Waals surface area contributed by atoms with Gasteiger partial charge in [-0.25, -0.2) is 0 Å². The summed E-state index contributed by atoms with van der Waals surface area (Å²) in [5, 5.41) is 32.2. The number of hydrogen-bond donors (Lipinski definition) is 3. The van der Waals surface area contributed by atoms with Crippen LogP contribution in [0.5, 0.6) is 0 Å². The molecule has 1 aliphatic rings. The van der Waals surface area contributed by atoms with Gasteiger partial charge in [0.05, 0.1) is 12.0 Å². The van der Waals surface area contributed by atoms with Crippen molar-refractivity contribution < 1.29 is 24.9 Å². The maximum atomic E-state index is 12.8. The molecule has 0 amide bonds. The average molecular weight is 350 g/mol. The molecule has 2 unspecified atom stereocenters. The van der Waals surface area contributed by atoms with Crippen molar-refractivity contribution >= 4 is 11.6 Å². The third-order valence-corrected chi connectivity index (χ3v) is 4.50. The molecule has 0 radical (unpaired) electrons. The highest BCUT2D eigenvalue weighted by Crippen LogP contribution is 2.43. The maximum absolute atomic E-state index is 12.8. The van der Waals surface area contributed by atoms with Crippen LogP contribution in [0.2, 0.25) is 0 Å². The van der Waals surface area contributed by atoms with Gasteiger partial charge in [0.15, 0.2) is 17.2 Å². The van der Waals surface area contributed by atoms with Gasteiger partial charge in [-0.3, -0.25) is 9.59 Å². The first-order chi connectivity index (χ1) is 11.4. The second-order valence-corrected chi connectivity index (χ2v) is 7.53. The predicted octanol–water partition coefficient (Wildman–Crippen LogP) is 3.03. The summed E-state index contributed by atoms with van der Waals surface area (Å²) < 4.78 is 0. The van der Waals surface area contributed by atoms with E-state index in [-0.39, 0.29) is 18.4 Å². The van der Waals surface area contributed by atoms with Crippen LogP contribution in [0, 0.1) is 11.8 Å². The zero-order chi connectivity index (χ0) is 19.5. The molecule has 0 spiro atoms. The number of aliphatic hydroxyl groups excluding tert-OH is 2. The SMILES string of the molecule is CC(C)=CCC(O)[C@@]1(O)C(O)=C(C(=O)C(C)C)C(=O)C1CC=C(C)C. The normalized spacial score (nSPS) is 24.5. The minimum Gasteiger partial charge on any atom is -0.508 e. The van der Waals surface area contributed by atoms with E-state index in [1.807, 2.05) is 27.7 Å². The first-order valence-corrected chi connectivity index (χ1v) is 8.63. The Hall–Kier alpha value is -1.72. The molecule has 0 aromatic carbocycles. The third kappa shape index (κ3) is 4.28. The Morgan fingerprint density at radius 1 is 1.16 bits per heavy atom. The fourth-order valence-electron chi connectivity index (χ4n) is 2.94. The van der Waals surface area contributed by atoms with Gasteiger partial charge >= 0.3 is 0 Å². The van der Waals surface area contributed by atoms with Gasteiger partial charge in [0.1, 0.15) is 11.3 Å². The second kappa shape index (κ2) is 8.11. The molecule has 3 atom stereocenters. The molecule has 0 saturated heterocycles. The van der Waals surface area contributed by atoms with Gasteiger partial charge < -0.3 is 15.3 Å². The van der Waals surface area contributed by atoms with Crippen LogP contribution in [-0.2, 0) is 9.59 Å². The summed E-state index contributed by atoms with van der Waals surface area (Å²) in [6, 6.07) is 0. The van der Waals surface area contributed by atoms with Crippen molar-refractivity contribution in [2.24, 2.45) is 11.8 Å². The minimum absolute atomic E-state index is 0.0741. The standard InChI is InChI=1S/C20H30O5/c1-11(2)7-9-14-18(23)16(17(22)13(5)6)19(24)20(14,25)15(21)10-8-12(3)4/h7-8,13-15,21,24-25H,9-10H2,1-6H3/t14?,15?,20-/m1/s1. The van der Waals surface area contributed by atoms with Crippen LogP contribution >= 0.6 is 0 Å². The van der Waals surface area contributed by atoms with Gasteiger partial charge in [0.2, 0.25) is 0 Å². The number of hydrogen-bond acceptors (Lipinski definition) is 5. The van der Waals surface area contributed by atoms with E-state index in [2.05, 4.69) is 0 Å². The lowest BCUT2D eigenvalue weighted by atomic mass is 9.80. The van der Waals surface area contributed by atoms with Gasteiger partial charge in [-0.2, -0.15) is 0 Å². The molecular formula is C20H30O5. The largest absolute Gasteiger partial charge is 0.508 e. The summed E-state index contributed by atoms with van der Waals surface area (Å²) in [6.07, 6.45) is 2.31. The number of carbonyl (C=O) groups is 2. The van der Waals surface area contributed by atoms with E-state index in [1.54, 1.807) is 26.0 Å². The molecule has 0 bridgehead atoms. The van der Waals surface area contributed by atoms with E-state index in [1.165, 1.54) is 0 Å². The Balaban J connectivity index is 3.42. The first-order valence-electron chi connectivity index (χ1n) is 8.63. The molecular weight excluding hydrogens is 320 g/mol. The molecule has 0 saturated carbocycles. The maximum Gasteiger partial charge on any atom is 0.176 e. The molecule has 0 aromatic heterocycles. The molecule has 1 aliphatic carbocycles. The minimum atomic E-state index is -2.16. The Labute approximate surface area is 149 Å². The number of carbonyl (C=O) groups excluding carboxylic acids is 2. The molecule has 0 fully saturated rings. The Kier molecular flexibility index (Phi) is 6.91. The lowest BCUT2D eigenvalue weighted by Gasteiger charge is -2.33. The molecule has 25 heavy (non-hydrogen) atoms. The van der Waals surface area contributed by atoms with Crippen molar-refractivity contribution in [2.45, 2.75) is 66.1 Å². The Bertz CT molecular complexity index is 630. The van der Waals surface area contributed by atoms with E-state index in [9.17, 15) is 24.9 Å². The molecule has 5 heteroatoms. The third-order valence-electron chi connectivity index (χ3n) is 4.50. The second-order valence-electron chi connectivity index (χ2n) is 7.53. The van der Waals surface area contributed by atoms with E-state index >= 15 is 0 Å². The Morgan fingerprint density at radius 2 is 1.68 bits per heavy atom. The summed E-state index contributed by atoms with van der Waals surface area (Å²) in [6.45, 7) is 10.6. The number of aliphatic hydroxyl groups is 3. The summed E-state index contributed by atoms with van der Waals surface area (Å²) in [4.78, 5) is 25.1. The van der Waals surface area contributed by atoms with Crippen LogP contribution in [0.4, 0.5) is 0 Å².